The number of anilines is 4. The molecule has 0 amide bonds. The maximum atomic E-state index is 13.6. The van der Waals surface area contributed by atoms with Gasteiger partial charge in [0.05, 0.1) is 143 Å². The van der Waals surface area contributed by atoms with Crippen LogP contribution in [-0.2, 0) is 67.8 Å². The van der Waals surface area contributed by atoms with Crippen LogP contribution in [0.4, 0.5) is 41.4 Å². The number of ether oxygens (including phenoxy) is 5. The summed E-state index contributed by atoms with van der Waals surface area (Å²) >= 11 is 21.4. The molecule has 47 heteroatoms. The zero-order valence-electron chi connectivity index (χ0n) is 80.5. The Labute approximate surface area is 860 Å². The number of methoxy groups -OCH3 is 1. The first kappa shape index (κ1) is 112. The van der Waals surface area contributed by atoms with Gasteiger partial charge in [-0.25, -0.2) is 73.8 Å². The molecule has 16 rings (SSSR count). The largest absolute Gasteiger partial charge is 0.514 e. The van der Waals surface area contributed by atoms with Gasteiger partial charge in [-0.3, -0.25) is 40.7 Å². The second-order valence-corrected chi connectivity index (χ2v) is 52.0. The molecule has 4 aromatic carbocycles. The molecule has 5 aromatic heterocycles. The number of benzene rings is 4. The van der Waals surface area contributed by atoms with Crippen LogP contribution in [0.1, 0.15) is 196 Å². The third-order valence-electron chi connectivity index (χ3n) is 23.6. The van der Waals surface area contributed by atoms with Gasteiger partial charge in [0.2, 0.25) is 46.3 Å². The summed E-state index contributed by atoms with van der Waals surface area (Å²) in [4.78, 5) is 59.0. The summed E-state index contributed by atoms with van der Waals surface area (Å²) in [5, 5.41) is 12.9. The molecule has 7 aliphatic heterocycles. The summed E-state index contributed by atoms with van der Waals surface area (Å²) in [5.41, 5.74) is 44.6. The van der Waals surface area contributed by atoms with E-state index in [2.05, 4.69) is 235 Å². The fraction of sp³-hybridized carbons (Fsp3) is 0.462. The number of hydrogen-bond acceptors (Lipinski definition) is 33. The van der Waals surface area contributed by atoms with Crippen molar-refractivity contribution in [2.45, 2.75) is 220 Å². The second-order valence-electron chi connectivity index (χ2n) is 36.9. The number of nitrogens with two attached hydrogens (primary N) is 5. The number of pyridine rings is 1. The number of hydroxylamine groups is 3. The SMILES string of the molecule is CC(C)(C)[Si](C)(C)ON.CC1(C)OC[C@H](CCI)O1.COc1cccc(B2OCCN(P)CO2)n1.Cc1nc(N)nc2c1C(=S)N[C@@H](c1ccc(F)cc1Br)C2.Cc1nc(N)nc2c1C(NO)=N[C@@H](c1ccc(F)cc1Br)C2.Cc1nc(N)nc2c1C(NOCC[C@H]1COC(C)(C)O1)=N[C@@H](c1ccc(F)cc1Br)C2.Cc1nc(N)nc2c1C(NO[Si](C)(C)C(C)(C)C)=N[C@@H](c1ccc(F)cc1Br)C2. The molecule has 0 bridgehead atoms. The Kier molecular flexibility index (Phi) is 40.1. The molecule has 7 atom stereocenters. The van der Waals surface area contributed by atoms with Crippen LogP contribution in [0.25, 0.3) is 0 Å². The van der Waals surface area contributed by atoms with Crippen molar-refractivity contribution < 1.29 is 69.7 Å². The molecular formula is C91H121BBr4F4IN22O11PSSi2. The van der Waals surface area contributed by atoms with Gasteiger partial charge in [-0.2, -0.15) is 0 Å². The normalized spacial score (nSPS) is 19.1. The predicted octanol–water partition coefficient (Wildman–Crippen LogP) is 17.1. The van der Waals surface area contributed by atoms with Crippen LogP contribution >= 0.6 is 108 Å². The zero-order chi connectivity index (χ0) is 101. The molecule has 3 fully saturated rings. The Balaban J connectivity index is 0.000000172. The van der Waals surface area contributed by atoms with E-state index in [9.17, 15) is 22.8 Å². The molecule has 0 spiro atoms. The molecule has 1 unspecified atom stereocenters. The Morgan fingerprint density at radius 2 is 0.964 bits per heavy atom. The smallest absolute Gasteiger partial charge is 0.481 e. The monoisotopic (exact) mass is 2350 g/mol. The van der Waals surface area contributed by atoms with Gasteiger partial charge in [-0.15, -0.1) is 0 Å². The Hall–Kier alpha value is -7.53. The van der Waals surface area contributed by atoms with Crippen molar-refractivity contribution in [1.29, 1.82) is 0 Å². The molecule has 33 nitrogen and oxygen atoms in total. The molecule has 746 valence electrons. The lowest BCUT2D eigenvalue weighted by Gasteiger charge is -2.36. The lowest BCUT2D eigenvalue weighted by Crippen LogP contribution is -2.47. The van der Waals surface area contributed by atoms with Crippen LogP contribution < -0.4 is 60.9 Å². The van der Waals surface area contributed by atoms with E-state index in [1.165, 1.54) is 48.5 Å². The highest BCUT2D eigenvalue weighted by molar-refractivity contribution is 14.1. The van der Waals surface area contributed by atoms with Gasteiger partial charge in [0, 0.05) is 73.6 Å². The van der Waals surface area contributed by atoms with E-state index in [-0.39, 0.29) is 99.0 Å². The first-order valence-electron chi connectivity index (χ1n) is 44.2. The highest BCUT2D eigenvalue weighted by atomic mass is 127. The van der Waals surface area contributed by atoms with Crippen molar-refractivity contribution in [2.75, 3.05) is 74.2 Å². The maximum Gasteiger partial charge on any atom is 0.514 e. The molecule has 138 heavy (non-hydrogen) atoms. The Bertz CT molecular complexity index is 5900. The maximum absolute atomic E-state index is 13.6. The predicted molar refractivity (Wildman–Crippen MR) is 562 cm³/mol. The highest BCUT2D eigenvalue weighted by Crippen LogP contribution is 2.42. The van der Waals surface area contributed by atoms with Gasteiger partial charge in [-0.1, -0.05) is 180 Å². The summed E-state index contributed by atoms with van der Waals surface area (Å²) in [5.74, 6) is 5.80. The Morgan fingerprint density at radius 1 is 0.565 bits per heavy atom. The average Bonchev–Trinajstić information content (AvgIpc) is 0.980. The fourth-order valence-electron chi connectivity index (χ4n) is 14.5. The molecule has 12 heterocycles. The number of nitrogens with zero attached hydrogens (tertiary/aromatic N) is 13. The standard InChI is InChI=1S/C21H25BrFN5O3.C20H27BrFN5OSi.C14H13BrFN5O.C14H12BrFN4S.C9H14BN2O3P.C7H13IO2.C6H17NOSi/c1-11-18-17(27-20(24)25-11)9-16(14-5-4-12(23)8-15(14)22)26-19(18)28-30-7-6-13-10-29-21(2,3)31-13;1-11-17-16(26-19(23)24-11)10-15(13-8-7-12(22)9-14(13)21)25-18(17)27-28-29(5,6)20(2,3)4;1-6-12-11(20-14(17)18-6)5-10(19-13(12)21-22)8-3-2-7(16)4-9(8)15;1-6-12-11(20-14(17)18-6)5-10(19-13(12)21)8-3-2-7(16)4-9(8)15;1-13-9-4-2-3-8(11-9)10-14-6-5-12(16)7-15-10;1-7(2)9-5-6(10-7)3-4-8;1-6(2,3)9(4,5)8-7/h4-5,8,13,16H,6-7,9-10H2,1-3H3,(H,26,28)(H2,24,25,27);7-9,15H,10H2,1-6H3,(H,25,27)(H2,23,24,26);2-4,10,22H,5H2,1H3,(H,19,21)(H2,17,18,20);2-4,10H,5H2,1H3,(H,19,21)(H2,17,18,20);2-4H,5-7,16H2,1H3;6H,3-5H2,1-2H3;7H2,1-5H3/t13-,16+;15-;2*10-;;6-;/m0111.0./s1. The lowest BCUT2D eigenvalue weighted by atomic mass is 9.84. The van der Waals surface area contributed by atoms with E-state index in [1.54, 1.807) is 44.4 Å². The van der Waals surface area contributed by atoms with Crippen molar-refractivity contribution in [3.63, 3.8) is 0 Å². The van der Waals surface area contributed by atoms with Crippen LogP contribution in [0.2, 0.25) is 36.3 Å². The second kappa shape index (κ2) is 49.2. The van der Waals surface area contributed by atoms with Gasteiger partial charge in [-0.05, 0) is 175 Å². The number of aryl methyl sites for hydroxylation is 4. The first-order valence-corrected chi connectivity index (χ1v) is 55.6. The number of nitrogen functional groups attached to an aromatic ring is 4. The molecular weight excluding hydrogens is 2230 g/mol. The topological polar surface area (TPSA) is 447 Å². The van der Waals surface area contributed by atoms with E-state index in [0.29, 0.717) is 128 Å². The van der Waals surface area contributed by atoms with Crippen LogP contribution in [-0.4, -0.2) is 176 Å². The van der Waals surface area contributed by atoms with Gasteiger partial charge in [0.1, 0.15) is 28.3 Å². The number of amidine groups is 3. The molecule has 9 aromatic rings. The first-order chi connectivity index (χ1) is 64.8. The number of rotatable bonds is 15. The van der Waals surface area contributed by atoms with E-state index >= 15 is 0 Å². The van der Waals surface area contributed by atoms with Gasteiger partial charge in [0.15, 0.2) is 29.1 Å². The average molecular weight is 2350 g/mol. The minimum absolute atomic E-state index is 0.0230. The number of fused-ring (bicyclic) bond motifs is 4. The zero-order valence-corrected chi connectivity index (χ0v) is 93.0. The van der Waals surface area contributed by atoms with Crippen molar-refractivity contribution in [3.8, 4) is 5.88 Å². The Morgan fingerprint density at radius 3 is 1.35 bits per heavy atom. The molecule has 0 aliphatic carbocycles. The summed E-state index contributed by atoms with van der Waals surface area (Å²) in [6.07, 6.45) is 4.23. The third kappa shape index (κ3) is 30.8. The van der Waals surface area contributed by atoms with Gasteiger partial charge >= 0.3 is 7.12 Å². The highest BCUT2D eigenvalue weighted by Gasteiger charge is 2.42. The quantitative estimate of drug-likeness (QED) is 0.00666. The van der Waals surface area contributed by atoms with Crippen LogP contribution in [0.5, 0.6) is 5.88 Å². The number of hydrogen-bond donors (Lipinski definition) is 10. The number of halogens is 9. The van der Waals surface area contributed by atoms with Gasteiger partial charge < -0.3 is 70.3 Å². The number of alkyl halides is 1. The molecule has 0 saturated carbocycles. The minimum atomic E-state index is -2.07. The van der Waals surface area contributed by atoms with Crippen LogP contribution in [0.3, 0.4) is 0 Å². The van der Waals surface area contributed by atoms with Crippen molar-refractivity contribution >= 4 is 184 Å². The fourth-order valence-corrected chi connectivity index (χ4v) is 19.2. The molecule has 3 saturated heterocycles. The van der Waals surface area contributed by atoms with Crippen LogP contribution in [0, 0.1) is 51.0 Å². The third-order valence-corrected chi connectivity index (χ3v) is 36.1. The minimum Gasteiger partial charge on any atom is -0.481 e. The molecule has 15 N–H and O–H groups in total. The number of thiocarbonyl (C=S) groups is 1. The van der Waals surface area contributed by atoms with Gasteiger partial charge in [0.25, 0.3) is 0 Å². The number of aliphatic imine (C=N–C) groups is 3. The van der Waals surface area contributed by atoms with Crippen molar-refractivity contribution in [2.24, 2.45) is 20.9 Å². The molecule has 0 radical (unpaired) electrons. The van der Waals surface area contributed by atoms with E-state index < -0.39 is 29.5 Å². The summed E-state index contributed by atoms with van der Waals surface area (Å²) in [7, 11) is 0.0918. The molecule has 7 aliphatic rings. The van der Waals surface area contributed by atoms with E-state index in [4.69, 9.17) is 97.9 Å². The van der Waals surface area contributed by atoms with Crippen molar-refractivity contribution in [3.05, 3.63) is 222 Å². The summed E-state index contributed by atoms with van der Waals surface area (Å²) < 4.78 is 109. The number of nitrogens with one attached hydrogen (secondary N) is 4. The summed E-state index contributed by atoms with van der Waals surface area (Å²) in [6.45, 7) is 40.3. The van der Waals surface area contributed by atoms with Crippen LogP contribution in [0.15, 0.2) is 124 Å². The van der Waals surface area contributed by atoms with E-state index in [1.807, 2.05) is 65.3 Å². The summed E-state index contributed by atoms with van der Waals surface area (Å²) in [6, 6.07) is 22.8. The number of aromatic nitrogens is 9. The lowest BCUT2D eigenvalue weighted by molar-refractivity contribution is -0.140. The van der Waals surface area contributed by atoms with Crippen molar-refractivity contribution in [1.82, 2.24) is 71.3 Å². The van der Waals surface area contributed by atoms with E-state index in [0.717, 1.165) is 97.0 Å².